The van der Waals surface area contributed by atoms with E-state index in [1.807, 2.05) is 0 Å². The van der Waals surface area contributed by atoms with Crippen LogP contribution in [-0.4, -0.2) is 32.8 Å². The van der Waals surface area contributed by atoms with Crippen LogP contribution in [0, 0.1) is 0 Å². The number of methoxy groups -OCH3 is 1. The number of amides is 1. The summed E-state index contributed by atoms with van der Waals surface area (Å²) >= 11 is -2.27. The molecule has 0 aliphatic rings. The topological polar surface area (TPSA) is 66.8 Å². The summed E-state index contributed by atoms with van der Waals surface area (Å²) in [6, 6.07) is 0. The van der Waals surface area contributed by atoms with Crippen LogP contribution in [0.4, 0.5) is 4.79 Å². The van der Waals surface area contributed by atoms with Crippen LogP contribution in [0.25, 0.3) is 0 Å². The van der Waals surface area contributed by atoms with E-state index in [-0.39, 0.29) is 6.54 Å². The zero-order valence-electron chi connectivity index (χ0n) is 5.73. The molecule has 0 spiro atoms. The molecular weight excluding hydrogens is 158 g/mol. The fourth-order valence-corrected chi connectivity index (χ4v) is 0.828. The van der Waals surface area contributed by atoms with Gasteiger partial charge in [-0.1, -0.05) is 0 Å². The minimum Gasteiger partial charge on any atom is -0.452 e. The largest absolute Gasteiger partial charge is 0.452 e. The molecule has 0 saturated carbocycles. The summed E-state index contributed by atoms with van der Waals surface area (Å²) in [6.45, 7) is 1.72. The van der Waals surface area contributed by atoms with Gasteiger partial charge in [-0.2, -0.15) is 0 Å². The molecule has 0 aromatic heterocycles. The summed E-state index contributed by atoms with van der Waals surface area (Å²) < 4.78 is 23.6. The van der Waals surface area contributed by atoms with E-state index < -0.39 is 17.4 Å². The van der Waals surface area contributed by atoms with E-state index in [4.69, 9.17) is 4.55 Å². The highest BCUT2D eigenvalue weighted by atomic mass is 32.2. The lowest BCUT2D eigenvalue weighted by Gasteiger charge is -2.12. The van der Waals surface area contributed by atoms with Crippen molar-refractivity contribution in [2.24, 2.45) is 0 Å². The average molecular weight is 167 g/mol. The van der Waals surface area contributed by atoms with Gasteiger partial charge in [0, 0.05) is 6.54 Å². The van der Waals surface area contributed by atoms with E-state index in [0.29, 0.717) is 4.31 Å². The van der Waals surface area contributed by atoms with Crippen molar-refractivity contribution in [3.8, 4) is 0 Å². The first-order valence-electron chi connectivity index (χ1n) is 2.60. The highest BCUT2D eigenvalue weighted by molar-refractivity contribution is 7.77. The fourth-order valence-electron chi connectivity index (χ4n) is 0.405. The van der Waals surface area contributed by atoms with Crippen molar-refractivity contribution in [3.63, 3.8) is 0 Å². The molecule has 0 radical (unpaired) electrons. The van der Waals surface area contributed by atoms with E-state index >= 15 is 0 Å². The van der Waals surface area contributed by atoms with Gasteiger partial charge in [0.1, 0.15) is 0 Å². The third kappa shape index (κ3) is 2.32. The van der Waals surface area contributed by atoms with Crippen molar-refractivity contribution < 1.29 is 18.3 Å². The molecule has 5 nitrogen and oxygen atoms in total. The van der Waals surface area contributed by atoms with Gasteiger partial charge in [-0.15, -0.1) is 0 Å². The minimum absolute atomic E-state index is 0.149. The third-order valence-corrected chi connectivity index (χ3v) is 1.64. The Labute approximate surface area is 61.4 Å². The molecule has 60 valence electrons. The number of rotatable bonds is 2. The fraction of sp³-hybridized carbons (Fsp3) is 0.750. The maximum Gasteiger partial charge on any atom is 0.423 e. The van der Waals surface area contributed by atoms with E-state index in [2.05, 4.69) is 4.74 Å². The van der Waals surface area contributed by atoms with Crippen molar-refractivity contribution >= 4 is 17.4 Å². The second kappa shape index (κ2) is 4.24. The Bertz CT molecular complexity index is 148. The van der Waals surface area contributed by atoms with Crippen LogP contribution >= 0.6 is 0 Å². The van der Waals surface area contributed by atoms with Crippen molar-refractivity contribution in [2.45, 2.75) is 6.92 Å². The smallest absolute Gasteiger partial charge is 0.423 e. The number of carbonyl (C=O) groups is 1. The molecular formula is C4H9NO4S. The zero-order valence-corrected chi connectivity index (χ0v) is 6.55. The molecule has 0 bridgehead atoms. The summed E-state index contributed by atoms with van der Waals surface area (Å²) in [7, 11) is 1.15. The van der Waals surface area contributed by atoms with E-state index in [1.165, 1.54) is 0 Å². The Morgan fingerprint density at radius 2 is 2.30 bits per heavy atom. The van der Waals surface area contributed by atoms with Gasteiger partial charge in [0.15, 0.2) is 0 Å². The Kier molecular flexibility index (Phi) is 3.97. The maximum absolute atomic E-state index is 10.5. The number of ether oxygens (including phenoxy) is 1. The quantitative estimate of drug-likeness (QED) is 0.597. The molecule has 1 amide bonds. The van der Waals surface area contributed by atoms with Gasteiger partial charge in [-0.05, 0) is 6.92 Å². The molecule has 1 N–H and O–H groups in total. The number of nitrogens with zero attached hydrogens (tertiary/aromatic N) is 1. The molecule has 0 aliphatic heterocycles. The number of carbonyl (C=O) groups excluding carboxylic acids is 1. The zero-order chi connectivity index (χ0) is 8.15. The SMILES string of the molecule is CCN(C(=O)OC)S(=O)O. The van der Waals surface area contributed by atoms with Crippen LogP contribution in [0.1, 0.15) is 6.92 Å². The van der Waals surface area contributed by atoms with Crippen molar-refractivity contribution in [2.75, 3.05) is 13.7 Å². The lowest BCUT2D eigenvalue weighted by Crippen LogP contribution is -2.31. The molecule has 0 rings (SSSR count). The van der Waals surface area contributed by atoms with Crippen LogP contribution in [-0.2, 0) is 16.0 Å². The Morgan fingerprint density at radius 3 is 2.40 bits per heavy atom. The predicted molar refractivity (Wildman–Crippen MR) is 35.6 cm³/mol. The van der Waals surface area contributed by atoms with Crippen LogP contribution in [0.3, 0.4) is 0 Å². The molecule has 0 aromatic rings. The monoisotopic (exact) mass is 167 g/mol. The molecule has 0 fully saturated rings. The number of hydrogen-bond acceptors (Lipinski definition) is 3. The first kappa shape index (κ1) is 9.38. The van der Waals surface area contributed by atoms with Crippen molar-refractivity contribution in [1.29, 1.82) is 0 Å². The van der Waals surface area contributed by atoms with Gasteiger partial charge >= 0.3 is 6.09 Å². The molecule has 6 heteroatoms. The van der Waals surface area contributed by atoms with Gasteiger partial charge < -0.3 is 4.74 Å². The van der Waals surface area contributed by atoms with Gasteiger partial charge in [-0.25, -0.2) is 13.3 Å². The van der Waals surface area contributed by atoms with E-state index in [9.17, 15) is 9.00 Å². The molecule has 0 saturated heterocycles. The summed E-state index contributed by atoms with van der Waals surface area (Å²) in [6.07, 6.45) is -0.802. The van der Waals surface area contributed by atoms with E-state index in [0.717, 1.165) is 7.11 Å². The van der Waals surface area contributed by atoms with Crippen molar-refractivity contribution in [1.82, 2.24) is 4.31 Å². The van der Waals surface area contributed by atoms with Crippen LogP contribution < -0.4 is 0 Å². The second-order valence-electron chi connectivity index (χ2n) is 1.40. The lowest BCUT2D eigenvalue weighted by molar-refractivity contribution is 0.150. The third-order valence-electron chi connectivity index (χ3n) is 0.854. The number of hydrogen-bond donors (Lipinski definition) is 1. The van der Waals surface area contributed by atoms with Gasteiger partial charge in [-0.3, -0.25) is 4.55 Å². The Morgan fingerprint density at radius 1 is 1.80 bits per heavy atom. The molecule has 1 unspecified atom stereocenters. The Hall–Kier alpha value is -0.620. The molecule has 0 heterocycles. The maximum atomic E-state index is 10.5. The normalized spacial score (nSPS) is 12.3. The van der Waals surface area contributed by atoms with Crippen LogP contribution in [0.15, 0.2) is 0 Å². The first-order chi connectivity index (χ1) is 4.63. The molecule has 0 aromatic carbocycles. The molecule has 10 heavy (non-hydrogen) atoms. The van der Waals surface area contributed by atoms with E-state index in [1.54, 1.807) is 6.92 Å². The molecule has 1 atom stereocenters. The average Bonchev–Trinajstić information content (AvgIpc) is 1.88. The van der Waals surface area contributed by atoms with Crippen LogP contribution in [0.2, 0.25) is 0 Å². The standard InChI is InChI=1S/C4H9NO4S/c1-3-5(10(7)8)4(6)9-2/h3H2,1-2H3,(H,7,8). The predicted octanol–water partition coefficient (Wildman–Crippen LogP) is 0.211. The van der Waals surface area contributed by atoms with Crippen molar-refractivity contribution in [3.05, 3.63) is 0 Å². The molecule has 0 aliphatic carbocycles. The lowest BCUT2D eigenvalue weighted by atomic mass is 10.8. The van der Waals surface area contributed by atoms with Gasteiger partial charge in [0.2, 0.25) is 0 Å². The highest BCUT2D eigenvalue weighted by Crippen LogP contribution is 1.94. The summed E-state index contributed by atoms with van der Waals surface area (Å²) in [5, 5.41) is 0. The summed E-state index contributed by atoms with van der Waals surface area (Å²) in [5.41, 5.74) is 0. The second-order valence-corrected chi connectivity index (χ2v) is 2.30. The highest BCUT2D eigenvalue weighted by Gasteiger charge is 2.15. The minimum atomic E-state index is -2.27. The van der Waals surface area contributed by atoms with Gasteiger partial charge in [0.25, 0.3) is 11.3 Å². The first-order valence-corrected chi connectivity index (χ1v) is 3.66. The van der Waals surface area contributed by atoms with Gasteiger partial charge in [0.05, 0.1) is 7.11 Å². The summed E-state index contributed by atoms with van der Waals surface area (Å²) in [4.78, 5) is 10.5. The Balaban J connectivity index is 4.06. The summed E-state index contributed by atoms with van der Waals surface area (Å²) in [5.74, 6) is 0. The van der Waals surface area contributed by atoms with Crippen LogP contribution in [0.5, 0.6) is 0 Å².